The molecular formula is C14H17BrFN3S. The molecule has 2 rings (SSSR count). The fourth-order valence-corrected chi connectivity index (χ4v) is 3.26. The molecule has 1 aromatic carbocycles. The quantitative estimate of drug-likeness (QED) is 0.903. The first-order chi connectivity index (χ1) is 9.29. The minimum absolute atomic E-state index is 0.0800. The first kappa shape index (κ1) is 15.5. The fraction of sp³-hybridized carbons (Fsp3) is 0.429. The van der Waals surface area contributed by atoms with Crippen molar-refractivity contribution in [3.63, 3.8) is 0 Å². The minimum Gasteiger partial charge on any atom is -0.323 e. The van der Waals surface area contributed by atoms with Gasteiger partial charge in [-0.2, -0.15) is 0 Å². The van der Waals surface area contributed by atoms with E-state index in [0.29, 0.717) is 10.9 Å². The highest BCUT2D eigenvalue weighted by molar-refractivity contribution is 9.10. The van der Waals surface area contributed by atoms with Gasteiger partial charge in [-0.15, -0.1) is 5.10 Å². The summed E-state index contributed by atoms with van der Waals surface area (Å²) in [5, 5.41) is 4.20. The zero-order chi connectivity index (χ0) is 14.9. The summed E-state index contributed by atoms with van der Waals surface area (Å²) in [6, 6.07) is 4.79. The van der Waals surface area contributed by atoms with Crippen molar-refractivity contribution in [2.45, 2.75) is 38.6 Å². The number of halogens is 2. The van der Waals surface area contributed by atoms with Gasteiger partial charge in [0, 0.05) is 11.5 Å². The molecular weight excluding hydrogens is 341 g/mol. The predicted molar refractivity (Wildman–Crippen MR) is 83.3 cm³/mol. The van der Waals surface area contributed by atoms with Crippen LogP contribution in [0, 0.1) is 5.82 Å². The van der Waals surface area contributed by atoms with E-state index in [2.05, 4.69) is 46.3 Å². The SMILES string of the molecule is CC(C)(C)c1nnsc1C(N)Cc1ccc(F)c(Br)c1. The molecule has 0 bridgehead atoms. The molecule has 0 radical (unpaired) electrons. The second-order valence-corrected chi connectivity index (χ2v) is 7.43. The number of benzene rings is 1. The lowest BCUT2D eigenvalue weighted by molar-refractivity contribution is 0.550. The second-order valence-electron chi connectivity index (χ2n) is 5.79. The fourth-order valence-electron chi connectivity index (χ4n) is 1.97. The van der Waals surface area contributed by atoms with E-state index in [0.717, 1.165) is 16.1 Å². The van der Waals surface area contributed by atoms with Crippen LogP contribution in [0.1, 0.15) is 42.9 Å². The maximum absolute atomic E-state index is 13.2. The molecule has 108 valence electrons. The lowest BCUT2D eigenvalue weighted by Gasteiger charge is -2.19. The average Bonchev–Trinajstić information content (AvgIpc) is 2.83. The van der Waals surface area contributed by atoms with Gasteiger partial charge < -0.3 is 5.73 Å². The van der Waals surface area contributed by atoms with Crippen LogP contribution in [0.25, 0.3) is 0 Å². The van der Waals surface area contributed by atoms with E-state index in [9.17, 15) is 4.39 Å². The Morgan fingerprint density at radius 3 is 2.70 bits per heavy atom. The summed E-state index contributed by atoms with van der Waals surface area (Å²) in [5.41, 5.74) is 8.12. The maximum Gasteiger partial charge on any atom is 0.137 e. The van der Waals surface area contributed by atoms with Crippen LogP contribution >= 0.6 is 27.5 Å². The Labute approximate surface area is 130 Å². The van der Waals surface area contributed by atoms with Crippen molar-refractivity contribution >= 4 is 27.5 Å². The Balaban J connectivity index is 2.22. The standard InChI is InChI=1S/C14H17BrFN3S/c1-14(2,3)13-12(20-19-18-13)11(17)7-8-4-5-10(16)9(15)6-8/h4-6,11H,7,17H2,1-3H3. The molecule has 20 heavy (non-hydrogen) atoms. The molecule has 1 unspecified atom stereocenters. The lowest BCUT2D eigenvalue weighted by atomic mass is 9.89. The Hall–Kier alpha value is -0.850. The molecule has 2 aromatic rings. The third kappa shape index (κ3) is 3.42. The first-order valence-corrected chi connectivity index (χ1v) is 7.88. The van der Waals surface area contributed by atoms with Crippen molar-refractivity contribution in [3.8, 4) is 0 Å². The van der Waals surface area contributed by atoms with Gasteiger partial charge in [0.25, 0.3) is 0 Å². The van der Waals surface area contributed by atoms with Crippen LogP contribution in [0.15, 0.2) is 22.7 Å². The number of rotatable bonds is 3. The largest absolute Gasteiger partial charge is 0.323 e. The van der Waals surface area contributed by atoms with E-state index in [1.807, 2.05) is 0 Å². The van der Waals surface area contributed by atoms with Crippen LogP contribution in [0.4, 0.5) is 4.39 Å². The highest BCUT2D eigenvalue weighted by Crippen LogP contribution is 2.31. The molecule has 0 saturated carbocycles. The van der Waals surface area contributed by atoms with Crippen molar-refractivity contribution in [2.24, 2.45) is 5.73 Å². The topological polar surface area (TPSA) is 51.8 Å². The zero-order valence-corrected chi connectivity index (χ0v) is 14.1. The Bertz CT molecular complexity index is 607. The van der Waals surface area contributed by atoms with E-state index in [1.54, 1.807) is 12.1 Å². The smallest absolute Gasteiger partial charge is 0.137 e. The van der Waals surface area contributed by atoms with E-state index in [-0.39, 0.29) is 17.3 Å². The van der Waals surface area contributed by atoms with Crippen LogP contribution in [0.2, 0.25) is 0 Å². The van der Waals surface area contributed by atoms with Gasteiger partial charge in [-0.25, -0.2) is 4.39 Å². The molecule has 2 N–H and O–H groups in total. The molecule has 1 atom stereocenters. The molecule has 0 aliphatic carbocycles. The molecule has 0 spiro atoms. The monoisotopic (exact) mass is 357 g/mol. The van der Waals surface area contributed by atoms with Crippen molar-refractivity contribution in [1.82, 2.24) is 9.59 Å². The maximum atomic E-state index is 13.2. The molecule has 0 saturated heterocycles. The lowest BCUT2D eigenvalue weighted by Crippen LogP contribution is -2.20. The van der Waals surface area contributed by atoms with E-state index >= 15 is 0 Å². The number of nitrogens with zero attached hydrogens (tertiary/aromatic N) is 2. The van der Waals surface area contributed by atoms with Crippen molar-refractivity contribution < 1.29 is 4.39 Å². The van der Waals surface area contributed by atoms with Gasteiger partial charge >= 0.3 is 0 Å². The zero-order valence-electron chi connectivity index (χ0n) is 11.7. The summed E-state index contributed by atoms with van der Waals surface area (Å²) in [6.45, 7) is 6.28. The van der Waals surface area contributed by atoms with Crippen LogP contribution in [0.5, 0.6) is 0 Å². The summed E-state index contributed by atoms with van der Waals surface area (Å²) < 4.78 is 17.7. The Morgan fingerprint density at radius 2 is 2.10 bits per heavy atom. The molecule has 0 aliphatic heterocycles. The van der Waals surface area contributed by atoms with Gasteiger partial charge in [0.1, 0.15) is 5.82 Å². The van der Waals surface area contributed by atoms with Crippen molar-refractivity contribution in [2.75, 3.05) is 0 Å². The molecule has 3 nitrogen and oxygen atoms in total. The van der Waals surface area contributed by atoms with Crippen molar-refractivity contribution in [3.05, 3.63) is 44.6 Å². The Kier molecular flexibility index (Phi) is 4.56. The van der Waals surface area contributed by atoms with E-state index < -0.39 is 0 Å². The molecule has 1 heterocycles. The summed E-state index contributed by atoms with van der Waals surface area (Å²) in [4.78, 5) is 0.998. The van der Waals surface area contributed by atoms with Gasteiger partial charge in [0.2, 0.25) is 0 Å². The molecule has 1 aromatic heterocycles. The second kappa shape index (κ2) is 5.87. The summed E-state index contributed by atoms with van der Waals surface area (Å²) in [7, 11) is 0. The predicted octanol–water partition coefficient (Wildman–Crippen LogP) is 3.98. The van der Waals surface area contributed by atoms with Crippen LogP contribution in [0.3, 0.4) is 0 Å². The van der Waals surface area contributed by atoms with Crippen LogP contribution in [-0.2, 0) is 11.8 Å². The van der Waals surface area contributed by atoms with Crippen LogP contribution < -0.4 is 5.73 Å². The average molecular weight is 358 g/mol. The van der Waals surface area contributed by atoms with Gasteiger partial charge in [-0.05, 0) is 51.6 Å². The third-order valence-corrected chi connectivity index (χ3v) is 4.46. The first-order valence-electron chi connectivity index (χ1n) is 6.31. The highest BCUT2D eigenvalue weighted by Gasteiger charge is 2.25. The third-order valence-electron chi connectivity index (χ3n) is 3.00. The van der Waals surface area contributed by atoms with Crippen molar-refractivity contribution in [1.29, 1.82) is 0 Å². The molecule has 0 aliphatic rings. The van der Waals surface area contributed by atoms with Gasteiger partial charge in [0.15, 0.2) is 0 Å². The Morgan fingerprint density at radius 1 is 1.40 bits per heavy atom. The number of nitrogens with two attached hydrogens (primary N) is 1. The molecule has 0 amide bonds. The summed E-state index contributed by atoms with van der Waals surface area (Å²) >= 11 is 4.53. The number of hydrogen-bond donors (Lipinski definition) is 1. The minimum atomic E-state index is -0.267. The van der Waals surface area contributed by atoms with Gasteiger partial charge in [0.05, 0.1) is 15.0 Å². The summed E-state index contributed by atoms with van der Waals surface area (Å²) in [6.07, 6.45) is 0.631. The number of aromatic nitrogens is 2. The van der Waals surface area contributed by atoms with Crippen LogP contribution in [-0.4, -0.2) is 9.59 Å². The molecule has 0 fully saturated rings. The van der Waals surface area contributed by atoms with E-state index in [1.165, 1.54) is 17.6 Å². The normalized spacial score (nSPS) is 13.5. The number of hydrogen-bond acceptors (Lipinski definition) is 4. The highest BCUT2D eigenvalue weighted by atomic mass is 79.9. The van der Waals surface area contributed by atoms with Gasteiger partial charge in [-0.3, -0.25) is 0 Å². The summed E-state index contributed by atoms with van der Waals surface area (Å²) in [5.74, 6) is -0.267. The van der Waals surface area contributed by atoms with Gasteiger partial charge in [-0.1, -0.05) is 31.3 Å². The molecule has 6 heteroatoms. The van der Waals surface area contributed by atoms with E-state index in [4.69, 9.17) is 5.73 Å².